The molecule has 1 amide bonds. The summed E-state index contributed by atoms with van der Waals surface area (Å²) in [5.74, 6) is 0.304. The van der Waals surface area contributed by atoms with Crippen molar-refractivity contribution in [3.8, 4) is 11.5 Å². The van der Waals surface area contributed by atoms with Crippen LogP contribution in [0.1, 0.15) is 31.2 Å². The predicted octanol–water partition coefficient (Wildman–Crippen LogP) is 4.67. The number of anilines is 2. The molecule has 0 radical (unpaired) electrons. The van der Waals surface area contributed by atoms with E-state index in [0.29, 0.717) is 29.9 Å². The van der Waals surface area contributed by atoms with Crippen molar-refractivity contribution < 1.29 is 22.4 Å². The Hall–Kier alpha value is -3.36. The number of amides is 1. The molecule has 30 heavy (non-hydrogen) atoms. The van der Waals surface area contributed by atoms with Gasteiger partial charge in [0.15, 0.2) is 0 Å². The normalized spacial score (nSPS) is 19.4. The lowest BCUT2D eigenvalue weighted by Crippen LogP contribution is -2.47. The van der Waals surface area contributed by atoms with Crippen LogP contribution in [0.4, 0.5) is 24.5 Å². The molecule has 1 atom stereocenters. The van der Waals surface area contributed by atoms with Gasteiger partial charge in [-0.25, -0.2) is 0 Å². The Morgan fingerprint density at radius 1 is 1.10 bits per heavy atom. The summed E-state index contributed by atoms with van der Waals surface area (Å²) in [4.78, 5) is 12.3. The first-order valence-electron chi connectivity index (χ1n) is 9.43. The molecule has 0 bridgehead atoms. The SMILES string of the molecule is CC1(c2nnc(-c3ccccc3Nc3ccc(C(F)(F)F)cc3)o2)CCCNC1=O. The zero-order valence-corrected chi connectivity index (χ0v) is 16.1. The van der Waals surface area contributed by atoms with E-state index in [9.17, 15) is 18.0 Å². The number of carbonyl (C=O) groups is 1. The molecule has 0 aliphatic carbocycles. The Bertz CT molecular complexity index is 1060. The van der Waals surface area contributed by atoms with Crippen molar-refractivity contribution >= 4 is 17.3 Å². The largest absolute Gasteiger partial charge is 0.419 e. The topological polar surface area (TPSA) is 80.1 Å². The highest BCUT2D eigenvalue weighted by Crippen LogP contribution is 2.35. The highest BCUT2D eigenvalue weighted by Gasteiger charge is 2.42. The van der Waals surface area contributed by atoms with Gasteiger partial charge in [0.1, 0.15) is 5.41 Å². The molecular formula is C21H19F3N4O2. The van der Waals surface area contributed by atoms with Crippen molar-refractivity contribution in [2.45, 2.75) is 31.4 Å². The molecule has 1 unspecified atom stereocenters. The van der Waals surface area contributed by atoms with Gasteiger partial charge < -0.3 is 15.1 Å². The van der Waals surface area contributed by atoms with Crippen molar-refractivity contribution in [3.63, 3.8) is 0 Å². The van der Waals surface area contributed by atoms with Gasteiger partial charge in [0.25, 0.3) is 0 Å². The van der Waals surface area contributed by atoms with E-state index in [0.717, 1.165) is 18.6 Å². The number of piperidine rings is 1. The van der Waals surface area contributed by atoms with Crippen LogP contribution in [0, 0.1) is 0 Å². The van der Waals surface area contributed by atoms with Crippen LogP contribution in [0.15, 0.2) is 52.9 Å². The minimum atomic E-state index is -4.39. The number of benzene rings is 2. The lowest BCUT2D eigenvalue weighted by atomic mass is 9.82. The first kappa shape index (κ1) is 19.9. The zero-order valence-electron chi connectivity index (χ0n) is 16.1. The van der Waals surface area contributed by atoms with Gasteiger partial charge in [0.2, 0.25) is 17.7 Å². The molecule has 4 rings (SSSR count). The number of nitrogens with one attached hydrogen (secondary N) is 2. The molecule has 2 aromatic carbocycles. The number of hydrogen-bond acceptors (Lipinski definition) is 5. The second kappa shape index (κ2) is 7.47. The molecule has 156 valence electrons. The van der Waals surface area contributed by atoms with E-state index < -0.39 is 17.2 Å². The summed E-state index contributed by atoms with van der Waals surface area (Å²) in [5.41, 5.74) is 0.0385. The van der Waals surface area contributed by atoms with Crippen LogP contribution in [0.3, 0.4) is 0 Å². The minimum Gasteiger partial charge on any atom is -0.419 e. The van der Waals surface area contributed by atoms with Gasteiger partial charge in [-0.15, -0.1) is 10.2 Å². The maximum Gasteiger partial charge on any atom is 0.416 e. The van der Waals surface area contributed by atoms with Gasteiger partial charge in [0, 0.05) is 12.2 Å². The van der Waals surface area contributed by atoms with E-state index in [-0.39, 0.29) is 17.7 Å². The lowest BCUT2D eigenvalue weighted by molar-refractivity contribution is -0.137. The molecule has 2 N–H and O–H groups in total. The van der Waals surface area contributed by atoms with E-state index in [1.54, 1.807) is 31.2 Å². The molecule has 2 heterocycles. The molecule has 1 aromatic heterocycles. The number of halogens is 3. The van der Waals surface area contributed by atoms with Crippen LogP contribution in [0.5, 0.6) is 0 Å². The zero-order chi connectivity index (χ0) is 21.4. The number of aromatic nitrogens is 2. The molecular weight excluding hydrogens is 397 g/mol. The van der Waals surface area contributed by atoms with E-state index in [1.807, 2.05) is 0 Å². The van der Waals surface area contributed by atoms with Gasteiger partial charge in [-0.1, -0.05) is 12.1 Å². The summed E-state index contributed by atoms with van der Waals surface area (Å²) >= 11 is 0. The highest BCUT2D eigenvalue weighted by atomic mass is 19.4. The van der Waals surface area contributed by atoms with Crippen LogP contribution >= 0.6 is 0 Å². The molecule has 9 heteroatoms. The Kier molecular flexibility index (Phi) is 4.97. The standard InChI is InChI=1S/C21H19F3N4O2/c1-20(11-4-12-25-18(20)29)19-28-27-17(30-19)15-5-2-3-6-16(15)26-14-9-7-13(8-10-14)21(22,23)24/h2-3,5-10,26H,4,11-12H2,1H3,(H,25,29). The number of alkyl halides is 3. The highest BCUT2D eigenvalue weighted by molar-refractivity contribution is 5.87. The first-order chi connectivity index (χ1) is 14.3. The van der Waals surface area contributed by atoms with Crippen molar-refractivity contribution in [2.24, 2.45) is 0 Å². The monoisotopic (exact) mass is 416 g/mol. The van der Waals surface area contributed by atoms with Crippen LogP contribution < -0.4 is 10.6 Å². The summed E-state index contributed by atoms with van der Waals surface area (Å²) in [6.45, 7) is 2.39. The maximum absolute atomic E-state index is 12.8. The Balaban J connectivity index is 1.61. The second-order valence-corrected chi connectivity index (χ2v) is 7.35. The fraction of sp³-hybridized carbons (Fsp3) is 0.286. The van der Waals surface area contributed by atoms with Gasteiger partial charge in [-0.3, -0.25) is 4.79 Å². The summed E-state index contributed by atoms with van der Waals surface area (Å²) in [6.07, 6.45) is -2.98. The van der Waals surface area contributed by atoms with Crippen LogP contribution in [-0.4, -0.2) is 22.6 Å². The van der Waals surface area contributed by atoms with Crippen molar-refractivity contribution in [1.29, 1.82) is 0 Å². The van der Waals surface area contributed by atoms with Gasteiger partial charge in [0.05, 0.1) is 16.8 Å². The molecule has 0 spiro atoms. The van der Waals surface area contributed by atoms with Crippen LogP contribution in [0.25, 0.3) is 11.5 Å². The third-order valence-corrected chi connectivity index (χ3v) is 5.19. The fourth-order valence-electron chi connectivity index (χ4n) is 3.39. The average molecular weight is 416 g/mol. The molecule has 1 saturated heterocycles. The minimum absolute atomic E-state index is 0.153. The smallest absolute Gasteiger partial charge is 0.416 e. The Morgan fingerprint density at radius 3 is 2.53 bits per heavy atom. The maximum atomic E-state index is 12.8. The quantitative estimate of drug-likeness (QED) is 0.646. The summed E-state index contributed by atoms with van der Waals surface area (Å²) in [6, 6.07) is 11.8. The third-order valence-electron chi connectivity index (χ3n) is 5.19. The van der Waals surface area contributed by atoms with Crippen molar-refractivity contribution in [3.05, 3.63) is 60.0 Å². The number of rotatable bonds is 4. The summed E-state index contributed by atoms with van der Waals surface area (Å²) < 4.78 is 44.2. The van der Waals surface area contributed by atoms with E-state index in [1.165, 1.54) is 12.1 Å². The lowest BCUT2D eigenvalue weighted by Gasteiger charge is -2.28. The number of para-hydroxylation sites is 1. The molecule has 1 aliphatic rings. The first-order valence-corrected chi connectivity index (χ1v) is 9.43. The van der Waals surface area contributed by atoms with Crippen LogP contribution in [-0.2, 0) is 16.4 Å². The number of nitrogens with zero attached hydrogens (tertiary/aromatic N) is 2. The predicted molar refractivity (Wildman–Crippen MR) is 104 cm³/mol. The summed E-state index contributed by atoms with van der Waals surface area (Å²) in [7, 11) is 0. The van der Waals surface area contributed by atoms with E-state index in [2.05, 4.69) is 20.8 Å². The third kappa shape index (κ3) is 3.74. The molecule has 0 saturated carbocycles. The molecule has 3 aromatic rings. The number of hydrogen-bond donors (Lipinski definition) is 2. The Labute approximate surface area is 170 Å². The number of carbonyl (C=O) groups excluding carboxylic acids is 1. The second-order valence-electron chi connectivity index (χ2n) is 7.35. The van der Waals surface area contributed by atoms with E-state index >= 15 is 0 Å². The van der Waals surface area contributed by atoms with Gasteiger partial charge in [-0.2, -0.15) is 13.2 Å². The average Bonchev–Trinajstić information content (AvgIpc) is 3.21. The van der Waals surface area contributed by atoms with Crippen molar-refractivity contribution in [2.75, 3.05) is 11.9 Å². The van der Waals surface area contributed by atoms with Gasteiger partial charge in [-0.05, 0) is 56.2 Å². The Morgan fingerprint density at radius 2 is 1.83 bits per heavy atom. The van der Waals surface area contributed by atoms with E-state index in [4.69, 9.17) is 4.42 Å². The fourth-order valence-corrected chi connectivity index (χ4v) is 3.39. The molecule has 1 aliphatic heterocycles. The summed E-state index contributed by atoms with van der Waals surface area (Å²) in [5, 5.41) is 14.1. The molecule has 1 fully saturated rings. The van der Waals surface area contributed by atoms with Crippen molar-refractivity contribution in [1.82, 2.24) is 15.5 Å². The van der Waals surface area contributed by atoms with Gasteiger partial charge >= 0.3 is 6.18 Å². The molecule has 6 nitrogen and oxygen atoms in total. The van der Waals surface area contributed by atoms with Crippen LogP contribution in [0.2, 0.25) is 0 Å².